The van der Waals surface area contributed by atoms with Gasteiger partial charge in [-0.25, -0.2) is 0 Å². The fourth-order valence-electron chi connectivity index (χ4n) is 2.30. The molecule has 0 bridgehead atoms. The van der Waals surface area contributed by atoms with Crippen LogP contribution in [0.1, 0.15) is 32.0 Å². The zero-order valence-corrected chi connectivity index (χ0v) is 11.8. The van der Waals surface area contributed by atoms with Crippen molar-refractivity contribution < 1.29 is 9.53 Å². The van der Waals surface area contributed by atoms with Crippen LogP contribution in [-0.4, -0.2) is 31.0 Å². The van der Waals surface area contributed by atoms with Crippen molar-refractivity contribution in [2.45, 2.75) is 26.4 Å². The lowest BCUT2D eigenvalue weighted by Gasteiger charge is -2.27. The fraction of sp³-hybridized carbons (Fsp3) is 0.533. The Bertz CT molecular complexity index is 430. The summed E-state index contributed by atoms with van der Waals surface area (Å²) in [5, 5.41) is 3.28. The molecule has 1 aliphatic rings. The zero-order chi connectivity index (χ0) is 13.8. The second kappa shape index (κ2) is 6.06. The quantitative estimate of drug-likeness (QED) is 0.884. The predicted octanol–water partition coefficient (Wildman–Crippen LogP) is 2.17. The highest BCUT2D eigenvalue weighted by Gasteiger charge is 2.31. The number of carbonyl (C=O) groups excluding carboxylic acids is 1. The van der Waals surface area contributed by atoms with E-state index in [1.165, 1.54) is 0 Å². The topological polar surface area (TPSA) is 41.6 Å². The molecule has 19 heavy (non-hydrogen) atoms. The number of amides is 1. The highest BCUT2D eigenvalue weighted by molar-refractivity contribution is 5.81. The monoisotopic (exact) mass is 262 g/mol. The average Bonchev–Trinajstić information content (AvgIpc) is 2.80. The lowest BCUT2D eigenvalue weighted by atomic mass is 10.1. The predicted molar refractivity (Wildman–Crippen MR) is 74.9 cm³/mol. The second-order valence-electron chi connectivity index (χ2n) is 5.12. The molecule has 1 aliphatic heterocycles. The molecule has 1 saturated heterocycles. The second-order valence-corrected chi connectivity index (χ2v) is 5.12. The van der Waals surface area contributed by atoms with Crippen molar-refractivity contribution in [1.82, 2.24) is 10.2 Å². The summed E-state index contributed by atoms with van der Waals surface area (Å²) in [5.74, 6) is 1.53. The van der Waals surface area contributed by atoms with Gasteiger partial charge in [0.05, 0.1) is 13.7 Å². The largest absolute Gasteiger partial charge is 0.497 e. The van der Waals surface area contributed by atoms with Gasteiger partial charge in [0.2, 0.25) is 5.91 Å². The summed E-state index contributed by atoms with van der Waals surface area (Å²) in [6, 6.07) is 7.89. The highest BCUT2D eigenvalue weighted by Crippen LogP contribution is 2.25. The van der Waals surface area contributed by atoms with E-state index in [1.807, 2.05) is 29.2 Å². The molecule has 1 fully saturated rings. The molecule has 4 heteroatoms. The molecule has 1 aromatic rings. The molecule has 0 saturated carbocycles. The molecule has 0 aliphatic carbocycles. The maximum absolute atomic E-state index is 12.0. The fourth-order valence-corrected chi connectivity index (χ4v) is 2.30. The van der Waals surface area contributed by atoms with Gasteiger partial charge in [0.15, 0.2) is 0 Å². The van der Waals surface area contributed by atoms with Crippen molar-refractivity contribution in [2.75, 3.05) is 20.2 Å². The Morgan fingerprint density at radius 2 is 2.11 bits per heavy atom. The summed E-state index contributed by atoms with van der Waals surface area (Å²) in [7, 11) is 1.65. The minimum absolute atomic E-state index is 0.00703. The van der Waals surface area contributed by atoms with E-state index in [1.54, 1.807) is 7.11 Å². The summed E-state index contributed by atoms with van der Waals surface area (Å²) < 4.78 is 5.16. The van der Waals surface area contributed by atoms with Crippen LogP contribution in [-0.2, 0) is 4.79 Å². The number of benzene rings is 1. The zero-order valence-electron chi connectivity index (χ0n) is 11.8. The number of nitrogens with zero attached hydrogens (tertiary/aromatic N) is 1. The van der Waals surface area contributed by atoms with Gasteiger partial charge in [-0.05, 0) is 23.6 Å². The maximum atomic E-state index is 12.0. The van der Waals surface area contributed by atoms with Crippen molar-refractivity contribution in [1.29, 1.82) is 0 Å². The number of hydrogen-bond donors (Lipinski definition) is 1. The van der Waals surface area contributed by atoms with Crippen molar-refractivity contribution in [3.63, 3.8) is 0 Å². The Labute approximate surface area is 114 Å². The van der Waals surface area contributed by atoms with Gasteiger partial charge in [-0.15, -0.1) is 0 Å². The third-order valence-electron chi connectivity index (χ3n) is 3.72. The lowest BCUT2D eigenvalue weighted by Crippen LogP contribution is -2.33. The first-order valence-electron chi connectivity index (χ1n) is 6.82. The van der Waals surface area contributed by atoms with E-state index >= 15 is 0 Å². The Kier molecular flexibility index (Phi) is 4.43. The molecular formula is C15H22N2O2. The Morgan fingerprint density at radius 3 is 2.68 bits per heavy atom. The molecule has 1 N–H and O–H groups in total. The smallest absolute Gasteiger partial charge is 0.238 e. The van der Waals surface area contributed by atoms with Gasteiger partial charge < -0.3 is 9.64 Å². The van der Waals surface area contributed by atoms with Gasteiger partial charge in [0, 0.05) is 6.54 Å². The van der Waals surface area contributed by atoms with Crippen LogP contribution in [0.25, 0.3) is 0 Å². The van der Waals surface area contributed by atoms with Crippen LogP contribution in [0.4, 0.5) is 0 Å². The van der Waals surface area contributed by atoms with Gasteiger partial charge in [-0.1, -0.05) is 32.4 Å². The van der Waals surface area contributed by atoms with Crippen molar-refractivity contribution in [3.8, 4) is 5.75 Å². The number of methoxy groups -OCH3 is 1. The van der Waals surface area contributed by atoms with Crippen LogP contribution in [0.5, 0.6) is 5.75 Å². The van der Waals surface area contributed by atoms with Gasteiger partial charge in [-0.3, -0.25) is 10.1 Å². The summed E-state index contributed by atoms with van der Waals surface area (Å²) >= 11 is 0. The van der Waals surface area contributed by atoms with Gasteiger partial charge in [0.1, 0.15) is 11.9 Å². The standard InChI is InChI=1S/C15H22N2O2/c1-4-11(2)10-17-14(18)9-16-15(17)12-5-7-13(19-3)8-6-12/h5-8,11,15-16H,4,9-10H2,1-3H3. The molecule has 1 aromatic carbocycles. The molecule has 104 valence electrons. The molecule has 2 unspecified atom stereocenters. The molecular weight excluding hydrogens is 240 g/mol. The number of ether oxygens (including phenoxy) is 1. The molecule has 0 radical (unpaired) electrons. The highest BCUT2D eigenvalue weighted by atomic mass is 16.5. The van der Waals surface area contributed by atoms with E-state index in [4.69, 9.17) is 4.74 Å². The summed E-state index contributed by atoms with van der Waals surface area (Å²) in [4.78, 5) is 13.9. The van der Waals surface area contributed by atoms with Crippen LogP contribution in [0.15, 0.2) is 24.3 Å². The minimum atomic E-state index is -0.00703. The van der Waals surface area contributed by atoms with Gasteiger partial charge in [0.25, 0.3) is 0 Å². The minimum Gasteiger partial charge on any atom is -0.497 e. The maximum Gasteiger partial charge on any atom is 0.238 e. The van der Waals surface area contributed by atoms with Gasteiger partial charge in [-0.2, -0.15) is 0 Å². The Balaban J connectivity index is 2.14. The van der Waals surface area contributed by atoms with Crippen LogP contribution >= 0.6 is 0 Å². The van der Waals surface area contributed by atoms with Gasteiger partial charge >= 0.3 is 0 Å². The van der Waals surface area contributed by atoms with E-state index in [9.17, 15) is 4.79 Å². The first-order valence-corrected chi connectivity index (χ1v) is 6.82. The van der Waals surface area contributed by atoms with E-state index in [0.29, 0.717) is 12.5 Å². The van der Waals surface area contributed by atoms with Crippen LogP contribution in [0.3, 0.4) is 0 Å². The Hall–Kier alpha value is -1.55. The number of nitrogens with one attached hydrogen (secondary N) is 1. The van der Waals surface area contributed by atoms with Crippen LogP contribution in [0, 0.1) is 5.92 Å². The summed E-state index contributed by atoms with van der Waals surface area (Å²) in [5.41, 5.74) is 1.11. The molecule has 1 amide bonds. The molecule has 2 rings (SSSR count). The summed E-state index contributed by atoms with van der Waals surface area (Å²) in [6.07, 6.45) is 1.08. The van der Waals surface area contributed by atoms with Crippen molar-refractivity contribution >= 4 is 5.91 Å². The number of carbonyl (C=O) groups is 1. The molecule has 2 atom stereocenters. The first-order chi connectivity index (χ1) is 9.15. The van der Waals surface area contributed by atoms with Crippen molar-refractivity contribution in [3.05, 3.63) is 29.8 Å². The molecule has 4 nitrogen and oxygen atoms in total. The lowest BCUT2D eigenvalue weighted by molar-refractivity contribution is -0.128. The normalized spacial score (nSPS) is 20.7. The van der Waals surface area contributed by atoms with E-state index in [2.05, 4.69) is 19.2 Å². The third-order valence-corrected chi connectivity index (χ3v) is 3.72. The first kappa shape index (κ1) is 13.9. The third kappa shape index (κ3) is 3.07. The number of rotatable bonds is 5. The van der Waals surface area contributed by atoms with E-state index < -0.39 is 0 Å². The average molecular weight is 262 g/mol. The van der Waals surface area contributed by atoms with Crippen LogP contribution in [0.2, 0.25) is 0 Å². The SMILES string of the molecule is CCC(C)CN1C(=O)CNC1c1ccc(OC)cc1. The van der Waals surface area contributed by atoms with Crippen LogP contribution < -0.4 is 10.1 Å². The number of hydrogen-bond acceptors (Lipinski definition) is 3. The molecule has 0 spiro atoms. The van der Waals surface area contributed by atoms with Crippen molar-refractivity contribution in [2.24, 2.45) is 5.92 Å². The van der Waals surface area contributed by atoms with E-state index in [-0.39, 0.29) is 12.1 Å². The van der Waals surface area contributed by atoms with E-state index in [0.717, 1.165) is 24.3 Å². The molecule has 1 heterocycles. The summed E-state index contributed by atoms with van der Waals surface area (Å²) in [6.45, 7) is 5.56. The Morgan fingerprint density at radius 1 is 1.42 bits per heavy atom. The molecule has 0 aromatic heterocycles.